The molecule has 0 radical (unpaired) electrons. The highest BCUT2D eigenvalue weighted by molar-refractivity contribution is 5.68. The standard InChI is InChI=1S/C15H24N4O2/c1-11-6-7-13(17-16-11)19-9-8-18(10-12(19)2)14(20)21-15(3,4)5/h6-7,12H,8-10H2,1-5H3/t12-/m1/s1. The van der Waals surface area contributed by atoms with Gasteiger partial charge in [0.2, 0.25) is 0 Å². The first-order valence-corrected chi connectivity index (χ1v) is 7.31. The quantitative estimate of drug-likeness (QED) is 0.794. The minimum absolute atomic E-state index is 0.184. The fraction of sp³-hybridized carbons (Fsp3) is 0.667. The number of hydrogen-bond acceptors (Lipinski definition) is 5. The highest BCUT2D eigenvalue weighted by Gasteiger charge is 2.30. The molecule has 1 saturated heterocycles. The van der Waals surface area contributed by atoms with Crippen LogP contribution in [0, 0.1) is 6.92 Å². The van der Waals surface area contributed by atoms with Gasteiger partial charge in [0.15, 0.2) is 5.82 Å². The van der Waals surface area contributed by atoms with E-state index < -0.39 is 5.60 Å². The van der Waals surface area contributed by atoms with Crippen molar-refractivity contribution in [1.29, 1.82) is 0 Å². The van der Waals surface area contributed by atoms with E-state index in [1.807, 2.05) is 39.8 Å². The number of rotatable bonds is 1. The van der Waals surface area contributed by atoms with Crippen molar-refractivity contribution in [2.75, 3.05) is 24.5 Å². The zero-order valence-electron chi connectivity index (χ0n) is 13.5. The van der Waals surface area contributed by atoms with Crippen molar-refractivity contribution in [3.05, 3.63) is 17.8 Å². The number of hydrogen-bond donors (Lipinski definition) is 0. The number of amides is 1. The number of piperazine rings is 1. The molecule has 21 heavy (non-hydrogen) atoms. The molecule has 0 saturated carbocycles. The van der Waals surface area contributed by atoms with Gasteiger partial charge >= 0.3 is 6.09 Å². The number of ether oxygens (including phenoxy) is 1. The van der Waals surface area contributed by atoms with Crippen LogP contribution in [0.1, 0.15) is 33.4 Å². The van der Waals surface area contributed by atoms with Gasteiger partial charge in [-0.3, -0.25) is 0 Å². The SMILES string of the molecule is Cc1ccc(N2CCN(C(=O)OC(C)(C)C)C[C@H]2C)nn1. The topological polar surface area (TPSA) is 58.6 Å². The highest BCUT2D eigenvalue weighted by atomic mass is 16.6. The van der Waals surface area contributed by atoms with Gasteiger partial charge in [-0.2, -0.15) is 5.10 Å². The predicted octanol–water partition coefficient (Wildman–Crippen LogP) is 2.23. The van der Waals surface area contributed by atoms with E-state index in [1.165, 1.54) is 0 Å². The number of nitrogens with zero attached hydrogens (tertiary/aromatic N) is 4. The Balaban J connectivity index is 1.99. The van der Waals surface area contributed by atoms with Crippen LogP contribution in [0.4, 0.5) is 10.6 Å². The van der Waals surface area contributed by atoms with E-state index in [-0.39, 0.29) is 12.1 Å². The van der Waals surface area contributed by atoms with Crippen molar-refractivity contribution in [3.8, 4) is 0 Å². The van der Waals surface area contributed by atoms with Crippen LogP contribution >= 0.6 is 0 Å². The van der Waals surface area contributed by atoms with Crippen molar-refractivity contribution in [1.82, 2.24) is 15.1 Å². The second-order valence-corrected chi connectivity index (χ2v) is 6.50. The number of aryl methyl sites for hydroxylation is 1. The predicted molar refractivity (Wildman–Crippen MR) is 81.4 cm³/mol. The van der Waals surface area contributed by atoms with Crippen LogP contribution in [0.15, 0.2) is 12.1 Å². The van der Waals surface area contributed by atoms with Crippen LogP contribution in [0.3, 0.4) is 0 Å². The Labute approximate surface area is 126 Å². The summed E-state index contributed by atoms with van der Waals surface area (Å²) in [4.78, 5) is 16.0. The summed E-state index contributed by atoms with van der Waals surface area (Å²) in [7, 11) is 0. The summed E-state index contributed by atoms with van der Waals surface area (Å²) < 4.78 is 5.42. The van der Waals surface area contributed by atoms with Crippen molar-refractivity contribution in [2.45, 2.75) is 46.3 Å². The molecule has 1 aliphatic heterocycles. The summed E-state index contributed by atoms with van der Waals surface area (Å²) in [5, 5.41) is 8.32. The Morgan fingerprint density at radius 3 is 2.52 bits per heavy atom. The van der Waals surface area contributed by atoms with Crippen LogP contribution in [0.25, 0.3) is 0 Å². The van der Waals surface area contributed by atoms with Gasteiger partial charge in [-0.05, 0) is 46.8 Å². The first-order valence-electron chi connectivity index (χ1n) is 7.31. The third-order valence-electron chi connectivity index (χ3n) is 3.36. The van der Waals surface area contributed by atoms with Gasteiger partial charge in [0.25, 0.3) is 0 Å². The van der Waals surface area contributed by atoms with Crippen LogP contribution in [0.5, 0.6) is 0 Å². The van der Waals surface area contributed by atoms with E-state index in [9.17, 15) is 4.79 Å². The van der Waals surface area contributed by atoms with Crippen molar-refractivity contribution < 1.29 is 9.53 Å². The molecule has 0 bridgehead atoms. The van der Waals surface area contributed by atoms with Crippen LogP contribution in [-0.2, 0) is 4.74 Å². The molecular weight excluding hydrogens is 268 g/mol. The van der Waals surface area contributed by atoms with Gasteiger partial charge in [-0.15, -0.1) is 5.10 Å². The Morgan fingerprint density at radius 1 is 1.29 bits per heavy atom. The molecule has 2 rings (SSSR count). The van der Waals surface area contributed by atoms with Gasteiger partial charge in [0, 0.05) is 25.7 Å². The Hall–Kier alpha value is -1.85. The van der Waals surface area contributed by atoms with E-state index in [0.29, 0.717) is 13.1 Å². The molecule has 2 heterocycles. The molecule has 1 fully saturated rings. The average molecular weight is 292 g/mol. The third-order valence-corrected chi connectivity index (χ3v) is 3.36. The minimum atomic E-state index is -0.458. The lowest BCUT2D eigenvalue weighted by molar-refractivity contribution is 0.0218. The van der Waals surface area contributed by atoms with Gasteiger partial charge in [0.1, 0.15) is 5.60 Å². The minimum Gasteiger partial charge on any atom is -0.444 e. The van der Waals surface area contributed by atoms with Crippen LogP contribution in [-0.4, -0.2) is 52.5 Å². The first kappa shape index (κ1) is 15.5. The summed E-state index contributed by atoms with van der Waals surface area (Å²) in [5.41, 5.74) is 0.443. The van der Waals surface area contributed by atoms with E-state index in [0.717, 1.165) is 18.1 Å². The molecule has 1 aromatic rings. The molecule has 1 aliphatic rings. The number of carbonyl (C=O) groups is 1. The molecule has 0 aliphatic carbocycles. The maximum Gasteiger partial charge on any atom is 0.410 e. The Kier molecular flexibility index (Phi) is 4.34. The van der Waals surface area contributed by atoms with E-state index >= 15 is 0 Å². The van der Waals surface area contributed by atoms with E-state index in [2.05, 4.69) is 22.0 Å². The second kappa shape index (κ2) is 5.87. The van der Waals surface area contributed by atoms with Gasteiger partial charge in [-0.25, -0.2) is 4.79 Å². The molecule has 0 spiro atoms. The smallest absolute Gasteiger partial charge is 0.410 e. The number of anilines is 1. The lowest BCUT2D eigenvalue weighted by atomic mass is 10.2. The molecule has 1 aromatic heterocycles. The van der Waals surface area contributed by atoms with Gasteiger partial charge < -0.3 is 14.5 Å². The first-order chi connectivity index (χ1) is 9.76. The monoisotopic (exact) mass is 292 g/mol. The average Bonchev–Trinajstić information content (AvgIpc) is 2.38. The van der Waals surface area contributed by atoms with Crippen LogP contribution in [0.2, 0.25) is 0 Å². The molecule has 1 atom stereocenters. The summed E-state index contributed by atoms with van der Waals surface area (Å²) in [6, 6.07) is 4.11. The zero-order valence-corrected chi connectivity index (χ0v) is 13.5. The lowest BCUT2D eigenvalue weighted by Crippen LogP contribution is -2.54. The molecule has 116 valence electrons. The molecule has 6 heteroatoms. The zero-order chi connectivity index (χ0) is 15.6. The maximum absolute atomic E-state index is 12.1. The third kappa shape index (κ3) is 4.06. The Morgan fingerprint density at radius 2 is 2.00 bits per heavy atom. The van der Waals surface area contributed by atoms with Crippen molar-refractivity contribution in [3.63, 3.8) is 0 Å². The summed E-state index contributed by atoms with van der Waals surface area (Å²) in [6.45, 7) is 11.6. The molecule has 0 unspecified atom stereocenters. The summed E-state index contributed by atoms with van der Waals surface area (Å²) in [5.74, 6) is 0.858. The summed E-state index contributed by atoms with van der Waals surface area (Å²) in [6.07, 6.45) is -0.246. The van der Waals surface area contributed by atoms with Crippen molar-refractivity contribution >= 4 is 11.9 Å². The number of carbonyl (C=O) groups excluding carboxylic acids is 1. The van der Waals surface area contributed by atoms with Crippen molar-refractivity contribution in [2.24, 2.45) is 0 Å². The van der Waals surface area contributed by atoms with E-state index in [4.69, 9.17) is 4.74 Å². The highest BCUT2D eigenvalue weighted by Crippen LogP contribution is 2.19. The fourth-order valence-electron chi connectivity index (χ4n) is 2.34. The molecule has 0 N–H and O–H groups in total. The largest absolute Gasteiger partial charge is 0.444 e. The second-order valence-electron chi connectivity index (χ2n) is 6.50. The van der Waals surface area contributed by atoms with Gasteiger partial charge in [0.05, 0.1) is 5.69 Å². The molecule has 1 amide bonds. The van der Waals surface area contributed by atoms with E-state index in [1.54, 1.807) is 4.90 Å². The van der Waals surface area contributed by atoms with Gasteiger partial charge in [-0.1, -0.05) is 0 Å². The molecular formula is C15H24N4O2. The lowest BCUT2D eigenvalue weighted by Gasteiger charge is -2.40. The normalized spacial score (nSPS) is 19.6. The van der Waals surface area contributed by atoms with Crippen LogP contribution < -0.4 is 4.90 Å². The number of aromatic nitrogens is 2. The molecule has 6 nitrogen and oxygen atoms in total. The fourth-order valence-corrected chi connectivity index (χ4v) is 2.34. The Bertz CT molecular complexity index is 495. The summed E-state index contributed by atoms with van der Waals surface area (Å²) >= 11 is 0. The molecule has 0 aromatic carbocycles. The maximum atomic E-state index is 12.1.